The van der Waals surface area contributed by atoms with E-state index >= 15 is 0 Å². The molecule has 2 aliphatic rings. The van der Waals surface area contributed by atoms with Crippen molar-refractivity contribution < 1.29 is 18.7 Å². The Balaban J connectivity index is 1.56. The predicted molar refractivity (Wildman–Crippen MR) is 134 cm³/mol. The third kappa shape index (κ3) is 4.46. The van der Waals surface area contributed by atoms with Crippen LogP contribution in [0.1, 0.15) is 52.2 Å². The maximum absolute atomic E-state index is 13.8. The van der Waals surface area contributed by atoms with Gasteiger partial charge in [-0.15, -0.1) is 0 Å². The van der Waals surface area contributed by atoms with Gasteiger partial charge in [0.15, 0.2) is 5.43 Å². The van der Waals surface area contributed by atoms with E-state index in [2.05, 4.69) is 4.90 Å². The molecule has 7 heteroatoms. The van der Waals surface area contributed by atoms with Crippen LogP contribution in [0.15, 0.2) is 45.6 Å². The number of rotatable bonds is 7. The number of amides is 1. The second-order valence-corrected chi connectivity index (χ2v) is 9.32. The summed E-state index contributed by atoms with van der Waals surface area (Å²) >= 11 is 0. The SMILES string of the molecule is CCOc1cccc([C@@H]2c3c(oc4cc(C)c(C)cc4c3=O)C(=O)N2CCCN2CCOCC2)c1. The summed E-state index contributed by atoms with van der Waals surface area (Å²) in [7, 11) is 0. The maximum atomic E-state index is 13.8. The molecule has 1 aromatic heterocycles. The van der Waals surface area contributed by atoms with Gasteiger partial charge in [0.2, 0.25) is 5.76 Å². The largest absolute Gasteiger partial charge is 0.494 e. The normalized spacial score (nSPS) is 18.3. The van der Waals surface area contributed by atoms with E-state index in [4.69, 9.17) is 13.9 Å². The molecular formula is C28H32N2O5. The van der Waals surface area contributed by atoms with Gasteiger partial charge in [-0.1, -0.05) is 12.1 Å². The Hall–Kier alpha value is -3.16. The first-order valence-electron chi connectivity index (χ1n) is 12.4. The molecule has 0 aliphatic carbocycles. The van der Waals surface area contributed by atoms with Crippen LogP contribution in [0.5, 0.6) is 5.75 Å². The average Bonchev–Trinajstić information content (AvgIpc) is 3.13. The number of carbonyl (C=O) groups excluding carboxylic acids is 1. The van der Waals surface area contributed by atoms with Crippen molar-refractivity contribution in [2.75, 3.05) is 46.0 Å². The van der Waals surface area contributed by atoms with Crippen LogP contribution in [0.2, 0.25) is 0 Å². The lowest BCUT2D eigenvalue weighted by Gasteiger charge is -2.29. The van der Waals surface area contributed by atoms with Crippen molar-refractivity contribution in [3.05, 3.63) is 74.6 Å². The standard InChI is InChI=1S/C28H32N2O5/c1-4-34-21-8-5-7-20(17-21)25-24-26(31)22-15-18(2)19(3)16-23(22)35-27(24)28(32)30(25)10-6-9-29-11-13-33-14-12-29/h5,7-8,15-17,25H,4,6,9-14H2,1-3H3/t25-/m1/s1. The van der Waals surface area contributed by atoms with Crippen molar-refractivity contribution in [3.63, 3.8) is 0 Å². The van der Waals surface area contributed by atoms with Crippen LogP contribution in [-0.4, -0.2) is 61.7 Å². The van der Waals surface area contributed by atoms with Crippen molar-refractivity contribution >= 4 is 16.9 Å². The molecule has 0 saturated carbocycles. The molecule has 1 atom stereocenters. The van der Waals surface area contributed by atoms with Crippen molar-refractivity contribution in [1.82, 2.24) is 9.80 Å². The minimum absolute atomic E-state index is 0.139. The van der Waals surface area contributed by atoms with Crippen LogP contribution in [0.25, 0.3) is 11.0 Å². The first kappa shape index (κ1) is 23.6. The first-order valence-corrected chi connectivity index (χ1v) is 12.4. The molecule has 1 amide bonds. The summed E-state index contributed by atoms with van der Waals surface area (Å²) in [4.78, 5) is 31.6. The quantitative estimate of drug-likeness (QED) is 0.512. The summed E-state index contributed by atoms with van der Waals surface area (Å²) in [5.41, 5.74) is 3.64. The Labute approximate surface area is 205 Å². The van der Waals surface area contributed by atoms with Crippen molar-refractivity contribution in [2.24, 2.45) is 0 Å². The Kier molecular flexibility index (Phi) is 6.62. The summed E-state index contributed by atoms with van der Waals surface area (Å²) in [5.74, 6) is 0.644. The number of nitrogens with zero attached hydrogens (tertiary/aromatic N) is 2. The summed E-state index contributed by atoms with van der Waals surface area (Å²) in [6.45, 7) is 11.1. The van der Waals surface area contributed by atoms with Gasteiger partial charge in [0.05, 0.1) is 36.8 Å². The van der Waals surface area contributed by atoms with Crippen molar-refractivity contribution in [1.29, 1.82) is 0 Å². The fourth-order valence-electron chi connectivity index (χ4n) is 5.08. The molecule has 0 bridgehead atoms. The number of hydrogen-bond donors (Lipinski definition) is 0. The summed E-state index contributed by atoms with van der Waals surface area (Å²) in [6.07, 6.45) is 0.799. The number of carbonyl (C=O) groups is 1. The molecule has 0 spiro atoms. The zero-order valence-electron chi connectivity index (χ0n) is 20.6. The van der Waals surface area contributed by atoms with E-state index in [-0.39, 0.29) is 17.1 Å². The van der Waals surface area contributed by atoms with Gasteiger partial charge in [-0.2, -0.15) is 0 Å². The van der Waals surface area contributed by atoms with Gasteiger partial charge in [-0.05, 0) is 68.1 Å². The lowest BCUT2D eigenvalue weighted by atomic mass is 9.97. The molecule has 0 unspecified atom stereocenters. The lowest BCUT2D eigenvalue weighted by Crippen LogP contribution is -2.38. The van der Waals surface area contributed by atoms with E-state index in [9.17, 15) is 9.59 Å². The van der Waals surface area contributed by atoms with E-state index < -0.39 is 6.04 Å². The summed E-state index contributed by atoms with van der Waals surface area (Å²) in [6, 6.07) is 10.9. The van der Waals surface area contributed by atoms with E-state index in [0.717, 1.165) is 61.7 Å². The third-order valence-corrected chi connectivity index (χ3v) is 7.04. The second-order valence-electron chi connectivity index (χ2n) is 9.32. The highest BCUT2D eigenvalue weighted by atomic mass is 16.5. The fraction of sp³-hybridized carbons (Fsp3) is 0.429. The third-order valence-electron chi connectivity index (χ3n) is 7.04. The number of benzene rings is 2. The summed E-state index contributed by atoms with van der Waals surface area (Å²) < 4.78 is 17.3. The van der Waals surface area contributed by atoms with Gasteiger partial charge in [0, 0.05) is 26.2 Å². The Bertz CT molecular complexity index is 1310. The smallest absolute Gasteiger partial charge is 0.290 e. The van der Waals surface area contributed by atoms with Gasteiger partial charge in [-0.25, -0.2) is 0 Å². The molecule has 2 aliphatic heterocycles. The van der Waals surface area contributed by atoms with Crippen molar-refractivity contribution in [3.8, 4) is 5.75 Å². The van der Waals surface area contributed by atoms with Crippen LogP contribution in [0.4, 0.5) is 0 Å². The Morgan fingerprint density at radius 1 is 1.03 bits per heavy atom. The molecule has 0 N–H and O–H groups in total. The van der Waals surface area contributed by atoms with Crippen LogP contribution in [0.3, 0.4) is 0 Å². The van der Waals surface area contributed by atoms with Crippen LogP contribution < -0.4 is 10.2 Å². The molecular weight excluding hydrogens is 444 g/mol. The topological polar surface area (TPSA) is 72.2 Å². The van der Waals surface area contributed by atoms with Crippen LogP contribution in [-0.2, 0) is 4.74 Å². The monoisotopic (exact) mass is 476 g/mol. The molecule has 3 aromatic rings. The van der Waals surface area contributed by atoms with Crippen LogP contribution >= 0.6 is 0 Å². The first-order chi connectivity index (χ1) is 17.0. The predicted octanol–water partition coefficient (Wildman–Crippen LogP) is 4.08. The number of ether oxygens (including phenoxy) is 2. The molecule has 5 rings (SSSR count). The van der Waals surface area contributed by atoms with Crippen molar-refractivity contribution in [2.45, 2.75) is 33.2 Å². The fourth-order valence-corrected chi connectivity index (χ4v) is 5.08. The summed E-state index contributed by atoms with van der Waals surface area (Å²) in [5, 5.41) is 0.515. The van der Waals surface area contributed by atoms with Crippen LogP contribution in [0, 0.1) is 13.8 Å². The average molecular weight is 477 g/mol. The lowest BCUT2D eigenvalue weighted by molar-refractivity contribution is 0.0353. The minimum atomic E-state index is -0.509. The second kappa shape index (κ2) is 9.84. The Morgan fingerprint density at radius 3 is 2.57 bits per heavy atom. The van der Waals surface area contributed by atoms with Gasteiger partial charge in [0.1, 0.15) is 11.3 Å². The molecule has 35 heavy (non-hydrogen) atoms. The van der Waals surface area contributed by atoms with Gasteiger partial charge >= 0.3 is 0 Å². The molecule has 2 aromatic carbocycles. The number of aryl methyl sites for hydroxylation is 2. The highest BCUT2D eigenvalue weighted by Gasteiger charge is 2.42. The zero-order valence-corrected chi connectivity index (χ0v) is 20.6. The van der Waals surface area contributed by atoms with E-state index in [1.807, 2.05) is 57.2 Å². The zero-order chi connectivity index (χ0) is 24.5. The van der Waals surface area contributed by atoms with Gasteiger partial charge < -0.3 is 18.8 Å². The van der Waals surface area contributed by atoms with Gasteiger partial charge in [0.25, 0.3) is 5.91 Å². The minimum Gasteiger partial charge on any atom is -0.494 e. The number of morpholine rings is 1. The maximum Gasteiger partial charge on any atom is 0.290 e. The van der Waals surface area contributed by atoms with E-state index in [1.54, 1.807) is 4.90 Å². The van der Waals surface area contributed by atoms with Gasteiger partial charge in [-0.3, -0.25) is 14.5 Å². The van der Waals surface area contributed by atoms with E-state index in [1.165, 1.54) is 0 Å². The highest BCUT2D eigenvalue weighted by molar-refractivity contribution is 5.99. The number of hydrogen-bond acceptors (Lipinski definition) is 6. The molecule has 7 nitrogen and oxygen atoms in total. The highest BCUT2D eigenvalue weighted by Crippen LogP contribution is 2.39. The van der Waals surface area contributed by atoms with E-state index in [0.29, 0.717) is 29.7 Å². The molecule has 184 valence electrons. The molecule has 3 heterocycles. The molecule has 1 fully saturated rings. The Morgan fingerprint density at radius 2 is 1.80 bits per heavy atom. The molecule has 1 saturated heterocycles. The molecule has 0 radical (unpaired) electrons. The number of fused-ring (bicyclic) bond motifs is 2.